The Hall–Kier alpha value is -2.71. The van der Waals surface area contributed by atoms with Crippen LogP contribution in [-0.4, -0.2) is 66.7 Å². The van der Waals surface area contributed by atoms with Crippen LogP contribution >= 0.6 is 0 Å². The van der Waals surface area contributed by atoms with Gasteiger partial charge in [-0.1, -0.05) is 5.16 Å². The van der Waals surface area contributed by atoms with Gasteiger partial charge in [-0.25, -0.2) is 4.98 Å². The number of carbonyl (C=O) groups excluding carboxylic acids is 2. The van der Waals surface area contributed by atoms with Crippen molar-refractivity contribution in [2.75, 3.05) is 13.1 Å². The van der Waals surface area contributed by atoms with Gasteiger partial charge in [-0.05, 0) is 31.6 Å². The summed E-state index contributed by atoms with van der Waals surface area (Å²) in [5.74, 6) is 1.56. The van der Waals surface area contributed by atoms with E-state index in [2.05, 4.69) is 15.2 Å². The molecule has 0 spiro atoms. The lowest BCUT2D eigenvalue weighted by Gasteiger charge is -2.38. The quantitative estimate of drug-likeness (QED) is 0.788. The molecule has 0 radical (unpaired) electrons. The van der Waals surface area contributed by atoms with E-state index in [1.807, 2.05) is 9.80 Å². The molecule has 9 heteroatoms. The molecule has 148 valence electrons. The molecule has 3 aliphatic rings. The van der Waals surface area contributed by atoms with E-state index in [4.69, 9.17) is 4.52 Å². The molecule has 0 bridgehead atoms. The summed E-state index contributed by atoms with van der Waals surface area (Å²) in [5, 5.41) is 8.18. The van der Waals surface area contributed by atoms with Crippen LogP contribution in [0, 0.1) is 5.92 Å². The first-order valence-corrected chi connectivity index (χ1v) is 9.97. The van der Waals surface area contributed by atoms with Crippen molar-refractivity contribution in [2.24, 2.45) is 5.92 Å². The predicted molar refractivity (Wildman–Crippen MR) is 97.2 cm³/mol. The zero-order valence-corrected chi connectivity index (χ0v) is 15.9. The maximum atomic E-state index is 12.9. The summed E-state index contributed by atoms with van der Waals surface area (Å²) in [6, 6.07) is 2.06. The minimum Gasteiger partial charge on any atom is -0.360 e. The van der Waals surface area contributed by atoms with Crippen molar-refractivity contribution >= 4 is 11.8 Å². The molecule has 0 aromatic carbocycles. The molecule has 0 N–H and O–H groups in total. The van der Waals surface area contributed by atoms with E-state index < -0.39 is 0 Å². The zero-order chi connectivity index (χ0) is 19.3. The average molecular weight is 384 g/mol. The van der Waals surface area contributed by atoms with Crippen LogP contribution in [0.15, 0.2) is 23.2 Å². The number of likely N-dealkylation sites (tertiary alicyclic amines) is 2. The van der Waals surface area contributed by atoms with Gasteiger partial charge >= 0.3 is 0 Å². The van der Waals surface area contributed by atoms with Gasteiger partial charge in [-0.3, -0.25) is 14.3 Å². The molecule has 2 aliphatic heterocycles. The third-order valence-corrected chi connectivity index (χ3v) is 6.26. The highest BCUT2D eigenvalue weighted by atomic mass is 16.5. The summed E-state index contributed by atoms with van der Waals surface area (Å²) in [6.07, 6.45) is 7.07. The number of carbonyl (C=O) groups is 2. The van der Waals surface area contributed by atoms with E-state index in [-0.39, 0.29) is 29.8 Å². The Kier molecular flexibility index (Phi) is 4.17. The van der Waals surface area contributed by atoms with E-state index in [1.165, 1.54) is 6.33 Å². The highest BCUT2D eigenvalue weighted by Crippen LogP contribution is 2.40. The van der Waals surface area contributed by atoms with E-state index in [0.29, 0.717) is 31.2 Å². The van der Waals surface area contributed by atoms with Gasteiger partial charge in [-0.2, -0.15) is 5.10 Å². The Morgan fingerprint density at radius 3 is 2.86 bits per heavy atom. The van der Waals surface area contributed by atoms with Crippen molar-refractivity contribution in [3.63, 3.8) is 0 Å². The molecule has 2 amide bonds. The van der Waals surface area contributed by atoms with Crippen LogP contribution in [0.25, 0.3) is 0 Å². The maximum Gasteiger partial charge on any atom is 0.276 e. The molecule has 9 nitrogen and oxygen atoms in total. The van der Waals surface area contributed by atoms with Crippen LogP contribution in [0.3, 0.4) is 0 Å². The van der Waals surface area contributed by atoms with Gasteiger partial charge < -0.3 is 14.3 Å². The molecule has 2 aromatic rings. The standard InChI is InChI=1S/C19H24N6O3/c1-12(26)25-15(9-24-11-20-10-21-24)6-14-8-23(5-4-17(14)25)19(27)16-7-18(28-22-16)13-2-3-13/h7,10-11,13-15,17H,2-6,8-9H2,1H3/t14-,15+,17+/m1/s1. The lowest BCUT2D eigenvalue weighted by molar-refractivity contribution is -0.132. The molecule has 4 heterocycles. The van der Waals surface area contributed by atoms with Gasteiger partial charge in [0.2, 0.25) is 5.91 Å². The summed E-state index contributed by atoms with van der Waals surface area (Å²) in [4.78, 5) is 33.1. The summed E-state index contributed by atoms with van der Waals surface area (Å²) < 4.78 is 7.12. The molecule has 2 saturated heterocycles. The maximum absolute atomic E-state index is 12.9. The van der Waals surface area contributed by atoms with Crippen LogP contribution in [0.4, 0.5) is 0 Å². The summed E-state index contributed by atoms with van der Waals surface area (Å²) >= 11 is 0. The monoisotopic (exact) mass is 384 g/mol. The molecule has 5 rings (SSSR count). The second kappa shape index (κ2) is 6.72. The third kappa shape index (κ3) is 3.08. The van der Waals surface area contributed by atoms with Gasteiger partial charge in [0.1, 0.15) is 18.4 Å². The van der Waals surface area contributed by atoms with Crippen LogP contribution in [0.2, 0.25) is 0 Å². The Labute approximate surface area is 162 Å². The third-order valence-electron chi connectivity index (χ3n) is 6.26. The number of rotatable bonds is 4. The fourth-order valence-electron chi connectivity index (χ4n) is 4.84. The van der Waals surface area contributed by atoms with Crippen molar-refractivity contribution < 1.29 is 14.1 Å². The molecule has 2 aromatic heterocycles. The van der Waals surface area contributed by atoms with Crippen molar-refractivity contribution in [1.82, 2.24) is 29.7 Å². The highest BCUT2D eigenvalue weighted by molar-refractivity contribution is 5.92. The second-order valence-electron chi connectivity index (χ2n) is 8.19. The fraction of sp³-hybridized carbons (Fsp3) is 0.632. The number of piperidine rings is 1. The Morgan fingerprint density at radius 1 is 1.29 bits per heavy atom. The average Bonchev–Trinajstić information content (AvgIpc) is 3.10. The molecule has 0 unspecified atom stereocenters. The molecule has 3 atom stereocenters. The minimum atomic E-state index is -0.0665. The molecular formula is C19H24N6O3. The van der Waals surface area contributed by atoms with E-state index in [9.17, 15) is 9.59 Å². The molecule has 1 saturated carbocycles. The van der Waals surface area contributed by atoms with Gasteiger partial charge in [0.05, 0.1) is 12.6 Å². The summed E-state index contributed by atoms with van der Waals surface area (Å²) in [6.45, 7) is 3.54. The van der Waals surface area contributed by atoms with Crippen LogP contribution < -0.4 is 0 Å². The first-order valence-electron chi connectivity index (χ1n) is 9.97. The number of hydrogen-bond acceptors (Lipinski definition) is 6. The smallest absolute Gasteiger partial charge is 0.276 e. The number of amides is 2. The second-order valence-corrected chi connectivity index (χ2v) is 8.19. The number of aromatic nitrogens is 4. The summed E-state index contributed by atoms with van der Waals surface area (Å²) in [7, 11) is 0. The van der Waals surface area contributed by atoms with Gasteiger partial charge in [0, 0.05) is 38.0 Å². The zero-order valence-electron chi connectivity index (χ0n) is 15.9. The molecular weight excluding hydrogens is 360 g/mol. The Balaban J connectivity index is 1.29. The molecule has 1 aliphatic carbocycles. The predicted octanol–water partition coefficient (Wildman–Crippen LogP) is 1.30. The Morgan fingerprint density at radius 2 is 2.14 bits per heavy atom. The minimum absolute atomic E-state index is 0.0665. The van der Waals surface area contributed by atoms with Crippen molar-refractivity contribution in [1.29, 1.82) is 0 Å². The first kappa shape index (κ1) is 17.4. The van der Waals surface area contributed by atoms with E-state index >= 15 is 0 Å². The molecule has 28 heavy (non-hydrogen) atoms. The van der Waals surface area contributed by atoms with Gasteiger partial charge in [-0.15, -0.1) is 0 Å². The van der Waals surface area contributed by atoms with Crippen LogP contribution in [0.5, 0.6) is 0 Å². The molecule has 3 fully saturated rings. The largest absolute Gasteiger partial charge is 0.360 e. The van der Waals surface area contributed by atoms with Gasteiger partial charge in [0.15, 0.2) is 5.69 Å². The SMILES string of the molecule is CC(=O)N1[C@H](Cn2cncn2)C[C@@H]2CN(C(=O)c3cc(C4CC4)on3)CC[C@@H]21. The van der Waals surface area contributed by atoms with E-state index in [1.54, 1.807) is 24.0 Å². The van der Waals surface area contributed by atoms with Crippen LogP contribution in [0.1, 0.15) is 54.8 Å². The van der Waals surface area contributed by atoms with Crippen molar-refractivity contribution in [2.45, 2.75) is 57.2 Å². The lowest BCUT2D eigenvalue weighted by Crippen LogP contribution is -2.50. The van der Waals surface area contributed by atoms with Crippen LogP contribution in [-0.2, 0) is 11.3 Å². The first-order chi connectivity index (χ1) is 13.6. The normalized spacial score (nSPS) is 27.1. The highest BCUT2D eigenvalue weighted by Gasteiger charge is 2.46. The van der Waals surface area contributed by atoms with Crippen molar-refractivity contribution in [3.8, 4) is 0 Å². The fourth-order valence-corrected chi connectivity index (χ4v) is 4.84. The lowest BCUT2D eigenvalue weighted by atomic mass is 9.92. The topological polar surface area (TPSA) is 97.4 Å². The van der Waals surface area contributed by atoms with E-state index in [0.717, 1.165) is 31.4 Å². The number of hydrogen-bond donors (Lipinski definition) is 0. The summed E-state index contributed by atoms with van der Waals surface area (Å²) in [5.41, 5.74) is 0.404. The Bertz CT molecular complexity index is 874. The van der Waals surface area contributed by atoms with Gasteiger partial charge in [0.25, 0.3) is 5.91 Å². The number of fused-ring (bicyclic) bond motifs is 1. The van der Waals surface area contributed by atoms with Crippen molar-refractivity contribution in [3.05, 3.63) is 30.2 Å². The number of nitrogens with zero attached hydrogens (tertiary/aromatic N) is 6.